The van der Waals surface area contributed by atoms with Crippen LogP contribution in [0.1, 0.15) is 41.5 Å². The standard InChI is InChI=1S/3C4H9.CH3.Hf/c3*1-4(2)3;;/h3*4H,1H2,2-3H3;1H3;/q4*-1;+4. The molecule has 0 radical (unpaired) electrons. The van der Waals surface area contributed by atoms with Gasteiger partial charge in [-0.25, -0.2) is 0 Å². The van der Waals surface area contributed by atoms with Gasteiger partial charge in [0.2, 0.25) is 0 Å². The van der Waals surface area contributed by atoms with Crippen LogP contribution in [0.3, 0.4) is 0 Å². The molecule has 0 saturated heterocycles. The molecule has 0 aliphatic carbocycles. The summed E-state index contributed by atoms with van der Waals surface area (Å²) >= 11 is 0. The van der Waals surface area contributed by atoms with E-state index >= 15 is 0 Å². The monoisotopic (exact) mass is 366 g/mol. The van der Waals surface area contributed by atoms with Gasteiger partial charge in [0.15, 0.2) is 0 Å². The fraction of sp³-hybridized carbons (Fsp3) is 0.692. The Kier molecular flexibility index (Phi) is 49.5. The van der Waals surface area contributed by atoms with Crippen molar-refractivity contribution in [1.82, 2.24) is 0 Å². The van der Waals surface area contributed by atoms with Crippen LogP contribution in [0.25, 0.3) is 0 Å². The van der Waals surface area contributed by atoms with Crippen LogP contribution in [-0.2, 0) is 25.8 Å². The topological polar surface area (TPSA) is 0 Å². The van der Waals surface area contributed by atoms with Gasteiger partial charge in [-0.05, 0) is 0 Å². The molecule has 0 aliphatic heterocycles. The molecule has 0 unspecified atom stereocenters. The maximum atomic E-state index is 3.64. The van der Waals surface area contributed by atoms with Crippen molar-refractivity contribution >= 4 is 0 Å². The predicted molar refractivity (Wildman–Crippen MR) is 67.0 cm³/mol. The van der Waals surface area contributed by atoms with Crippen molar-refractivity contribution in [2.45, 2.75) is 41.5 Å². The van der Waals surface area contributed by atoms with Crippen molar-refractivity contribution in [3.05, 3.63) is 28.2 Å². The molecule has 0 nitrogen and oxygen atoms in total. The van der Waals surface area contributed by atoms with Gasteiger partial charge in [0.1, 0.15) is 0 Å². The Balaban J connectivity index is -0.0000000270. The summed E-state index contributed by atoms with van der Waals surface area (Å²) in [6.45, 7) is 23.2. The van der Waals surface area contributed by atoms with E-state index < -0.39 is 0 Å². The molecular formula is C13H30Hf. The second-order valence-electron chi connectivity index (χ2n) is 4.18. The molecule has 86 valence electrons. The van der Waals surface area contributed by atoms with E-state index in [1.54, 1.807) is 0 Å². The van der Waals surface area contributed by atoms with Gasteiger partial charge in [-0.1, -0.05) is 41.5 Å². The van der Waals surface area contributed by atoms with Crippen LogP contribution >= 0.6 is 0 Å². The van der Waals surface area contributed by atoms with Crippen molar-refractivity contribution in [1.29, 1.82) is 0 Å². The first-order chi connectivity index (χ1) is 5.20. The Hall–Kier alpha value is 0.870. The van der Waals surface area contributed by atoms with Gasteiger partial charge < -0.3 is 28.2 Å². The maximum absolute atomic E-state index is 3.64. The van der Waals surface area contributed by atoms with Crippen molar-refractivity contribution in [3.63, 3.8) is 0 Å². The molecule has 0 N–H and O–H groups in total. The van der Waals surface area contributed by atoms with Crippen LogP contribution in [0.2, 0.25) is 0 Å². The Morgan fingerprint density at radius 3 is 0.571 bits per heavy atom. The summed E-state index contributed by atoms with van der Waals surface area (Å²) in [6.07, 6.45) is 0. The molecule has 0 aromatic rings. The Bertz CT molecular complexity index is 33.7. The third-order valence-electron chi connectivity index (χ3n) is 0. The normalized spacial score (nSPS) is 7.71. The first-order valence-electron chi connectivity index (χ1n) is 4.69. The van der Waals surface area contributed by atoms with Gasteiger partial charge in [-0.15, -0.1) is 0 Å². The molecule has 0 rings (SSSR count). The fourth-order valence-electron chi connectivity index (χ4n) is 0. The molecule has 0 saturated carbocycles. The van der Waals surface area contributed by atoms with Gasteiger partial charge in [-0.3, -0.25) is 0 Å². The van der Waals surface area contributed by atoms with Gasteiger partial charge in [-0.2, -0.15) is 17.8 Å². The number of hydrogen-bond donors (Lipinski definition) is 0. The molecule has 0 fully saturated rings. The van der Waals surface area contributed by atoms with Gasteiger partial charge in [0.25, 0.3) is 0 Å². The maximum Gasteiger partial charge on any atom is 4.00 e. The van der Waals surface area contributed by atoms with Crippen molar-refractivity contribution in [2.75, 3.05) is 0 Å². The zero-order chi connectivity index (χ0) is 10.7. The predicted octanol–water partition coefficient (Wildman–Crippen LogP) is 4.88. The van der Waals surface area contributed by atoms with Crippen LogP contribution in [-0.4, -0.2) is 0 Å². The minimum Gasteiger partial charge on any atom is -0.358 e. The summed E-state index contributed by atoms with van der Waals surface area (Å²) in [5.74, 6) is 1.75. The zero-order valence-corrected chi connectivity index (χ0v) is 14.9. The molecule has 1 heteroatoms. The molecule has 0 spiro atoms. The summed E-state index contributed by atoms with van der Waals surface area (Å²) in [5.41, 5.74) is 0. The summed E-state index contributed by atoms with van der Waals surface area (Å²) in [5, 5.41) is 0. The van der Waals surface area contributed by atoms with Crippen LogP contribution in [0.5, 0.6) is 0 Å². The first-order valence-corrected chi connectivity index (χ1v) is 4.69. The first kappa shape index (κ1) is 29.4. The average Bonchev–Trinajstić information content (AvgIpc) is 1.54. The molecule has 14 heavy (non-hydrogen) atoms. The molecule has 0 bridgehead atoms. The zero-order valence-electron chi connectivity index (χ0n) is 11.4. The quantitative estimate of drug-likeness (QED) is 0.424. The van der Waals surface area contributed by atoms with E-state index in [1.165, 1.54) is 0 Å². The largest absolute Gasteiger partial charge is 4.00 e. The van der Waals surface area contributed by atoms with E-state index in [4.69, 9.17) is 0 Å². The number of rotatable bonds is 0. The van der Waals surface area contributed by atoms with Gasteiger partial charge in [0.05, 0.1) is 0 Å². The van der Waals surface area contributed by atoms with Gasteiger partial charge >= 0.3 is 25.8 Å². The Labute approximate surface area is 113 Å². The van der Waals surface area contributed by atoms with E-state index in [0.29, 0.717) is 17.8 Å². The Morgan fingerprint density at radius 2 is 0.571 bits per heavy atom. The van der Waals surface area contributed by atoms with Crippen molar-refractivity contribution in [2.24, 2.45) is 17.8 Å². The minimum atomic E-state index is 0. The third-order valence-corrected chi connectivity index (χ3v) is 0. The molecule has 0 aromatic carbocycles. The summed E-state index contributed by atoms with van der Waals surface area (Å²) in [6, 6.07) is 0. The van der Waals surface area contributed by atoms with E-state index in [0.717, 1.165) is 0 Å². The summed E-state index contributed by atoms with van der Waals surface area (Å²) in [4.78, 5) is 0. The molecule has 0 atom stereocenters. The van der Waals surface area contributed by atoms with Crippen LogP contribution < -0.4 is 0 Å². The van der Waals surface area contributed by atoms with Crippen LogP contribution in [0, 0.1) is 46.0 Å². The second kappa shape index (κ2) is 23.6. The Morgan fingerprint density at radius 1 is 0.571 bits per heavy atom. The molecule has 0 heterocycles. The summed E-state index contributed by atoms with van der Waals surface area (Å²) in [7, 11) is 0. The van der Waals surface area contributed by atoms with Crippen LogP contribution in [0.15, 0.2) is 0 Å². The van der Waals surface area contributed by atoms with Crippen molar-refractivity contribution in [3.8, 4) is 0 Å². The SMILES string of the molecule is [CH2-]C(C)C.[CH2-]C(C)C.[CH2-]C(C)C.[CH3-].[Hf+4]. The fourth-order valence-corrected chi connectivity index (χ4v) is 0. The number of hydrogen-bond acceptors (Lipinski definition) is 0. The van der Waals surface area contributed by atoms with E-state index in [9.17, 15) is 0 Å². The van der Waals surface area contributed by atoms with E-state index in [2.05, 4.69) is 62.3 Å². The third kappa shape index (κ3) is 2400. The second-order valence-corrected chi connectivity index (χ2v) is 4.18. The molecular weight excluding hydrogens is 335 g/mol. The average molecular weight is 365 g/mol. The van der Waals surface area contributed by atoms with E-state index in [-0.39, 0.29) is 33.3 Å². The minimum absolute atomic E-state index is 0. The van der Waals surface area contributed by atoms with Gasteiger partial charge in [0, 0.05) is 0 Å². The molecule has 0 aromatic heterocycles. The van der Waals surface area contributed by atoms with E-state index in [1.807, 2.05) is 0 Å². The molecule has 0 amide bonds. The molecule has 0 aliphatic rings. The van der Waals surface area contributed by atoms with Crippen LogP contribution in [0.4, 0.5) is 0 Å². The summed E-state index contributed by atoms with van der Waals surface area (Å²) < 4.78 is 0. The smallest absolute Gasteiger partial charge is 0.358 e. The van der Waals surface area contributed by atoms with Crippen molar-refractivity contribution < 1.29 is 25.8 Å².